The first-order chi connectivity index (χ1) is 7.21. The summed E-state index contributed by atoms with van der Waals surface area (Å²) in [7, 11) is 0. The Labute approximate surface area is 91.8 Å². The predicted molar refractivity (Wildman–Crippen MR) is 60.4 cm³/mol. The van der Waals surface area contributed by atoms with E-state index in [-0.39, 0.29) is 5.91 Å². The molecule has 3 nitrogen and oxygen atoms in total. The zero-order chi connectivity index (χ0) is 10.7. The van der Waals surface area contributed by atoms with E-state index in [0.29, 0.717) is 0 Å². The van der Waals surface area contributed by atoms with Crippen LogP contribution in [0.5, 0.6) is 0 Å². The molecule has 0 aromatic rings. The van der Waals surface area contributed by atoms with Crippen molar-refractivity contribution in [1.82, 2.24) is 5.32 Å². The fourth-order valence-electron chi connectivity index (χ4n) is 2.41. The molecule has 0 unspecified atom stereocenters. The first-order valence-corrected chi connectivity index (χ1v) is 6.28. The maximum absolute atomic E-state index is 11.8. The lowest BCUT2D eigenvalue weighted by Gasteiger charge is -2.22. The van der Waals surface area contributed by atoms with Gasteiger partial charge in [0.25, 0.3) is 0 Å². The molecule has 0 aromatic heterocycles. The van der Waals surface area contributed by atoms with E-state index in [2.05, 4.69) is 5.32 Å². The Balaban J connectivity index is 1.62. The molecule has 2 aliphatic rings. The Morgan fingerprint density at radius 3 is 2.60 bits per heavy atom. The van der Waals surface area contributed by atoms with Crippen molar-refractivity contribution in [3.05, 3.63) is 0 Å². The van der Waals surface area contributed by atoms with Crippen LogP contribution >= 0.6 is 0 Å². The van der Waals surface area contributed by atoms with E-state index in [4.69, 9.17) is 5.73 Å². The van der Waals surface area contributed by atoms with Gasteiger partial charge in [-0.2, -0.15) is 0 Å². The van der Waals surface area contributed by atoms with Crippen molar-refractivity contribution in [1.29, 1.82) is 0 Å². The first kappa shape index (κ1) is 10.9. The fourth-order valence-corrected chi connectivity index (χ4v) is 2.41. The van der Waals surface area contributed by atoms with E-state index < -0.39 is 5.54 Å². The van der Waals surface area contributed by atoms with Gasteiger partial charge in [-0.05, 0) is 31.6 Å². The van der Waals surface area contributed by atoms with E-state index >= 15 is 0 Å². The van der Waals surface area contributed by atoms with Gasteiger partial charge in [0.15, 0.2) is 0 Å². The van der Waals surface area contributed by atoms with E-state index in [1.165, 1.54) is 19.3 Å². The van der Waals surface area contributed by atoms with Gasteiger partial charge in [0.1, 0.15) is 0 Å². The molecule has 0 bridgehead atoms. The van der Waals surface area contributed by atoms with E-state index in [1.807, 2.05) is 0 Å². The molecular formula is C12H22N2O. The third kappa shape index (κ3) is 2.94. The van der Waals surface area contributed by atoms with Gasteiger partial charge < -0.3 is 11.1 Å². The number of hydrogen-bond donors (Lipinski definition) is 2. The van der Waals surface area contributed by atoms with E-state index in [9.17, 15) is 4.79 Å². The van der Waals surface area contributed by atoms with Crippen LogP contribution in [0.1, 0.15) is 51.4 Å². The van der Waals surface area contributed by atoms with Crippen molar-refractivity contribution in [2.45, 2.75) is 56.9 Å². The third-order valence-electron chi connectivity index (χ3n) is 3.72. The number of amides is 1. The third-order valence-corrected chi connectivity index (χ3v) is 3.72. The number of carbonyl (C=O) groups excluding carboxylic acids is 1. The molecule has 0 radical (unpaired) electrons. The number of rotatable bonds is 5. The summed E-state index contributed by atoms with van der Waals surface area (Å²) in [6.07, 6.45) is 9.12. The number of nitrogens with two attached hydrogens (primary N) is 1. The first-order valence-electron chi connectivity index (χ1n) is 6.28. The largest absolute Gasteiger partial charge is 0.355 e. The van der Waals surface area contributed by atoms with Crippen LogP contribution in [0.2, 0.25) is 0 Å². The Kier molecular flexibility index (Phi) is 3.29. The van der Waals surface area contributed by atoms with Crippen LogP contribution in [0.25, 0.3) is 0 Å². The Bertz CT molecular complexity index is 230. The molecule has 15 heavy (non-hydrogen) atoms. The Morgan fingerprint density at radius 2 is 2.00 bits per heavy atom. The van der Waals surface area contributed by atoms with Crippen molar-refractivity contribution in [2.24, 2.45) is 11.7 Å². The molecule has 2 aliphatic carbocycles. The second-order valence-electron chi connectivity index (χ2n) is 5.20. The maximum atomic E-state index is 11.8. The molecule has 2 fully saturated rings. The maximum Gasteiger partial charge on any atom is 0.240 e. The summed E-state index contributed by atoms with van der Waals surface area (Å²) in [4.78, 5) is 11.8. The molecule has 2 rings (SSSR count). The second kappa shape index (κ2) is 4.52. The zero-order valence-electron chi connectivity index (χ0n) is 9.43. The van der Waals surface area contributed by atoms with Gasteiger partial charge in [-0.1, -0.05) is 25.7 Å². The average molecular weight is 210 g/mol. The van der Waals surface area contributed by atoms with Crippen LogP contribution in [0, 0.1) is 5.92 Å². The average Bonchev–Trinajstić information content (AvgIpc) is 2.94. The highest BCUT2D eigenvalue weighted by atomic mass is 16.2. The number of nitrogens with one attached hydrogen (secondary N) is 1. The van der Waals surface area contributed by atoms with Gasteiger partial charge in [-0.3, -0.25) is 4.79 Å². The normalized spacial score (nSPS) is 24.1. The smallest absolute Gasteiger partial charge is 0.240 e. The van der Waals surface area contributed by atoms with Crippen molar-refractivity contribution in [2.75, 3.05) is 6.54 Å². The fraction of sp³-hybridized carbons (Fsp3) is 0.917. The van der Waals surface area contributed by atoms with Gasteiger partial charge in [0, 0.05) is 6.54 Å². The molecule has 0 saturated heterocycles. The van der Waals surface area contributed by atoms with Gasteiger partial charge in [-0.15, -0.1) is 0 Å². The van der Waals surface area contributed by atoms with Crippen LogP contribution in [-0.2, 0) is 4.79 Å². The minimum atomic E-state index is -0.542. The molecule has 86 valence electrons. The Hall–Kier alpha value is -0.570. The summed E-state index contributed by atoms with van der Waals surface area (Å²) < 4.78 is 0. The van der Waals surface area contributed by atoms with Crippen LogP contribution in [-0.4, -0.2) is 18.0 Å². The minimum Gasteiger partial charge on any atom is -0.355 e. The molecule has 2 saturated carbocycles. The van der Waals surface area contributed by atoms with Gasteiger partial charge >= 0.3 is 0 Å². The highest BCUT2D eigenvalue weighted by Crippen LogP contribution is 2.33. The van der Waals surface area contributed by atoms with Crippen LogP contribution < -0.4 is 11.1 Å². The Morgan fingerprint density at radius 1 is 1.33 bits per heavy atom. The molecule has 3 heteroatoms. The highest BCUT2D eigenvalue weighted by Gasteiger charge is 2.36. The summed E-state index contributed by atoms with van der Waals surface area (Å²) in [5.74, 6) is 1.04. The summed E-state index contributed by atoms with van der Waals surface area (Å²) >= 11 is 0. The van der Waals surface area contributed by atoms with E-state index in [1.54, 1.807) is 0 Å². The topological polar surface area (TPSA) is 55.1 Å². The molecule has 1 amide bonds. The second-order valence-corrected chi connectivity index (χ2v) is 5.20. The van der Waals surface area contributed by atoms with Crippen LogP contribution in [0.4, 0.5) is 0 Å². The zero-order valence-corrected chi connectivity index (χ0v) is 9.43. The summed E-state index contributed by atoms with van der Waals surface area (Å²) in [6, 6.07) is 0. The van der Waals surface area contributed by atoms with E-state index in [0.717, 1.165) is 44.6 Å². The molecule has 0 atom stereocenters. The monoisotopic (exact) mass is 210 g/mol. The van der Waals surface area contributed by atoms with Gasteiger partial charge in [0.2, 0.25) is 5.91 Å². The van der Waals surface area contributed by atoms with Crippen molar-refractivity contribution < 1.29 is 4.79 Å². The van der Waals surface area contributed by atoms with Crippen molar-refractivity contribution in [3.63, 3.8) is 0 Å². The summed E-state index contributed by atoms with van der Waals surface area (Å²) in [6.45, 7) is 0.814. The lowest BCUT2D eigenvalue weighted by atomic mass is 9.98. The van der Waals surface area contributed by atoms with Crippen LogP contribution in [0.3, 0.4) is 0 Å². The minimum absolute atomic E-state index is 0.0794. The SMILES string of the molecule is NC1(C(=O)NCCCC2CC2)CCCC1. The molecule has 3 N–H and O–H groups in total. The summed E-state index contributed by atoms with van der Waals surface area (Å²) in [5.41, 5.74) is 5.50. The lowest BCUT2D eigenvalue weighted by Crippen LogP contribution is -2.52. The quantitative estimate of drug-likeness (QED) is 0.677. The molecular weight excluding hydrogens is 188 g/mol. The molecule has 0 spiro atoms. The molecule has 0 heterocycles. The van der Waals surface area contributed by atoms with Crippen molar-refractivity contribution >= 4 is 5.91 Å². The predicted octanol–water partition coefficient (Wildman–Crippen LogP) is 1.56. The van der Waals surface area contributed by atoms with Gasteiger partial charge in [-0.25, -0.2) is 0 Å². The molecule has 0 aliphatic heterocycles. The molecule has 0 aromatic carbocycles. The standard InChI is InChI=1S/C12H22N2O/c13-12(7-1-2-8-12)11(15)14-9-3-4-10-5-6-10/h10H,1-9,13H2,(H,14,15). The summed E-state index contributed by atoms with van der Waals surface area (Å²) in [5, 5.41) is 2.98. The van der Waals surface area contributed by atoms with Crippen LogP contribution in [0.15, 0.2) is 0 Å². The van der Waals surface area contributed by atoms with Gasteiger partial charge in [0.05, 0.1) is 5.54 Å². The number of carbonyl (C=O) groups is 1. The highest BCUT2D eigenvalue weighted by molar-refractivity contribution is 5.86. The lowest BCUT2D eigenvalue weighted by molar-refractivity contribution is -0.126. The van der Waals surface area contributed by atoms with Crippen molar-refractivity contribution in [3.8, 4) is 0 Å². The number of hydrogen-bond acceptors (Lipinski definition) is 2.